The van der Waals surface area contributed by atoms with E-state index >= 15 is 0 Å². The first-order valence-electron chi connectivity index (χ1n) is 7.01. The molecule has 0 saturated carbocycles. The highest BCUT2D eigenvalue weighted by molar-refractivity contribution is 7.92. The molecule has 10 heteroatoms. The molecule has 0 unspecified atom stereocenters. The average molecular weight is 369 g/mol. The third kappa shape index (κ3) is 3.47. The van der Waals surface area contributed by atoms with E-state index < -0.39 is 37.9 Å². The zero-order valence-corrected chi connectivity index (χ0v) is 13.5. The van der Waals surface area contributed by atoms with Gasteiger partial charge in [0.25, 0.3) is 9.84 Å². The van der Waals surface area contributed by atoms with E-state index in [1.54, 1.807) is 0 Å². The largest absolute Gasteiger partial charge is 0.501 e. The van der Waals surface area contributed by atoms with Crippen molar-refractivity contribution >= 4 is 21.5 Å². The Morgan fingerprint density at radius 2 is 2.00 bits per heavy atom. The Morgan fingerprint density at radius 3 is 2.58 bits per heavy atom. The minimum atomic E-state index is -5.72. The van der Waals surface area contributed by atoms with Gasteiger partial charge >= 0.3 is 11.5 Å². The number of nitrogens with zero attached hydrogens (tertiary/aromatic N) is 1. The van der Waals surface area contributed by atoms with E-state index in [0.29, 0.717) is 18.9 Å². The Balaban J connectivity index is 2.46. The maximum absolute atomic E-state index is 13.4. The van der Waals surface area contributed by atoms with Gasteiger partial charge in [0.2, 0.25) is 0 Å². The number of rotatable bonds is 3. The molecule has 1 atom stereocenters. The van der Waals surface area contributed by atoms with E-state index in [-0.39, 0.29) is 18.8 Å². The van der Waals surface area contributed by atoms with Gasteiger partial charge in [0, 0.05) is 13.1 Å². The fraction of sp³-hybridized carbons (Fsp3) is 0.500. The van der Waals surface area contributed by atoms with Crippen LogP contribution in [0.15, 0.2) is 23.1 Å². The molecular weight excluding hydrogens is 354 g/mol. The van der Waals surface area contributed by atoms with E-state index in [1.807, 2.05) is 0 Å². The molecule has 1 aliphatic heterocycles. The zero-order valence-electron chi connectivity index (χ0n) is 12.6. The lowest BCUT2D eigenvalue weighted by Gasteiger charge is -2.34. The van der Waals surface area contributed by atoms with Gasteiger partial charge in [0.05, 0.1) is 18.7 Å². The van der Waals surface area contributed by atoms with Crippen LogP contribution in [-0.4, -0.2) is 40.1 Å². The molecular formula is C14H15F4NO4S. The lowest BCUT2D eigenvalue weighted by atomic mass is 9.97. The van der Waals surface area contributed by atoms with E-state index in [1.165, 1.54) is 12.0 Å². The van der Waals surface area contributed by atoms with Crippen molar-refractivity contribution in [3.8, 4) is 0 Å². The summed E-state index contributed by atoms with van der Waals surface area (Å²) in [5.41, 5.74) is -5.82. The van der Waals surface area contributed by atoms with Crippen molar-refractivity contribution < 1.29 is 35.5 Å². The molecule has 0 spiro atoms. The van der Waals surface area contributed by atoms with Crippen LogP contribution in [0.25, 0.3) is 0 Å². The average Bonchev–Trinajstić information content (AvgIpc) is 2.53. The number of esters is 1. The molecule has 0 amide bonds. The van der Waals surface area contributed by atoms with Crippen molar-refractivity contribution in [1.82, 2.24) is 0 Å². The Kier molecular flexibility index (Phi) is 5.07. The summed E-state index contributed by atoms with van der Waals surface area (Å²) in [6.07, 6.45) is 0.939. The molecule has 0 aliphatic carbocycles. The first-order valence-corrected chi connectivity index (χ1v) is 8.50. The molecule has 2 rings (SSSR count). The predicted octanol–water partition coefficient (Wildman–Crippen LogP) is 2.51. The molecule has 1 aromatic carbocycles. The Hall–Kier alpha value is -1.84. The van der Waals surface area contributed by atoms with Gasteiger partial charge in [-0.05, 0) is 31.0 Å². The van der Waals surface area contributed by atoms with Crippen LogP contribution in [0, 0.1) is 11.7 Å². The van der Waals surface area contributed by atoms with E-state index in [9.17, 15) is 30.8 Å². The van der Waals surface area contributed by atoms with Crippen LogP contribution in [0.5, 0.6) is 0 Å². The third-order valence-corrected chi connectivity index (χ3v) is 5.33. The molecule has 1 aliphatic rings. The van der Waals surface area contributed by atoms with Crippen LogP contribution in [0.1, 0.15) is 12.8 Å². The molecule has 0 aromatic heterocycles. The molecule has 1 heterocycles. The van der Waals surface area contributed by atoms with Crippen LogP contribution < -0.4 is 4.90 Å². The number of piperidine rings is 1. The molecule has 1 saturated heterocycles. The van der Waals surface area contributed by atoms with Crippen LogP contribution in [0.4, 0.5) is 23.2 Å². The summed E-state index contributed by atoms with van der Waals surface area (Å²) < 4.78 is 80.0. The second kappa shape index (κ2) is 6.58. The van der Waals surface area contributed by atoms with Crippen LogP contribution in [0.2, 0.25) is 0 Å². The standard InChI is InChI=1S/C14H15F4NO4S/c1-23-13(20)9-3-2-6-19(8-9)11-5-4-10(15)7-12(11)24(21,22)14(16,17)18/h4-5,7,9H,2-3,6,8H2,1H3/t9-/m0/s1. The number of methoxy groups -OCH3 is 1. The summed E-state index contributed by atoms with van der Waals surface area (Å²) >= 11 is 0. The number of ether oxygens (including phenoxy) is 1. The second-order valence-corrected chi connectivity index (χ2v) is 7.28. The first-order chi connectivity index (χ1) is 11.1. The van der Waals surface area contributed by atoms with E-state index in [4.69, 9.17) is 0 Å². The Bertz CT molecular complexity index is 733. The smallest absolute Gasteiger partial charge is 0.469 e. The van der Waals surface area contributed by atoms with Crippen molar-refractivity contribution in [2.24, 2.45) is 5.92 Å². The maximum Gasteiger partial charge on any atom is 0.501 e. The minimum absolute atomic E-state index is 0.00131. The third-order valence-electron chi connectivity index (χ3n) is 3.81. The van der Waals surface area contributed by atoms with Crippen molar-refractivity contribution in [2.75, 3.05) is 25.1 Å². The molecule has 1 aromatic rings. The summed E-state index contributed by atoms with van der Waals surface area (Å²) in [7, 11) is -4.53. The fourth-order valence-corrected chi connectivity index (χ4v) is 3.63. The minimum Gasteiger partial charge on any atom is -0.469 e. The first kappa shape index (κ1) is 18.5. The Morgan fingerprint density at radius 1 is 1.33 bits per heavy atom. The van der Waals surface area contributed by atoms with E-state index in [2.05, 4.69) is 4.74 Å². The van der Waals surface area contributed by atoms with Gasteiger partial charge in [-0.2, -0.15) is 13.2 Å². The molecule has 0 bridgehead atoms. The summed E-state index contributed by atoms with van der Waals surface area (Å²) in [5.74, 6) is -2.21. The highest BCUT2D eigenvalue weighted by atomic mass is 32.2. The van der Waals surface area contributed by atoms with Gasteiger partial charge in [0.15, 0.2) is 0 Å². The molecule has 0 N–H and O–H groups in total. The summed E-state index contributed by atoms with van der Waals surface area (Å²) in [6, 6.07) is 2.21. The van der Waals surface area contributed by atoms with Crippen LogP contribution >= 0.6 is 0 Å². The van der Waals surface area contributed by atoms with Gasteiger partial charge in [-0.3, -0.25) is 4.79 Å². The topological polar surface area (TPSA) is 63.7 Å². The van der Waals surface area contributed by atoms with Gasteiger partial charge < -0.3 is 9.64 Å². The molecule has 1 fully saturated rings. The molecule has 134 valence electrons. The lowest BCUT2D eigenvalue weighted by molar-refractivity contribution is -0.145. The SMILES string of the molecule is COC(=O)[C@H]1CCCN(c2ccc(F)cc2S(=O)(=O)C(F)(F)F)C1. The molecule has 5 nitrogen and oxygen atoms in total. The monoisotopic (exact) mass is 369 g/mol. The van der Waals surface area contributed by atoms with Gasteiger partial charge in [-0.1, -0.05) is 0 Å². The second-order valence-electron chi connectivity index (χ2n) is 5.37. The molecule has 24 heavy (non-hydrogen) atoms. The normalized spacial score (nSPS) is 19.2. The number of carbonyl (C=O) groups excluding carboxylic acids is 1. The number of alkyl halides is 3. The van der Waals surface area contributed by atoms with Gasteiger partial charge in [0.1, 0.15) is 10.7 Å². The highest BCUT2D eigenvalue weighted by Gasteiger charge is 2.48. The van der Waals surface area contributed by atoms with Gasteiger partial charge in [-0.25, -0.2) is 12.8 Å². The predicted molar refractivity (Wildman–Crippen MR) is 76.6 cm³/mol. The van der Waals surface area contributed by atoms with Gasteiger partial charge in [-0.15, -0.1) is 0 Å². The summed E-state index contributed by atoms with van der Waals surface area (Å²) in [6.45, 7) is 0.248. The van der Waals surface area contributed by atoms with E-state index in [0.717, 1.165) is 12.1 Å². The van der Waals surface area contributed by atoms with Crippen LogP contribution in [0.3, 0.4) is 0 Å². The van der Waals surface area contributed by atoms with Crippen molar-refractivity contribution in [3.63, 3.8) is 0 Å². The highest BCUT2D eigenvalue weighted by Crippen LogP contribution is 2.37. The number of anilines is 1. The number of halogens is 4. The summed E-state index contributed by atoms with van der Waals surface area (Å²) in [5, 5.41) is 0. The number of carbonyl (C=O) groups is 1. The Labute approximate surface area is 136 Å². The number of sulfone groups is 1. The summed E-state index contributed by atoms with van der Waals surface area (Å²) in [4.78, 5) is 11.8. The van der Waals surface area contributed by atoms with Crippen LogP contribution in [-0.2, 0) is 19.4 Å². The van der Waals surface area contributed by atoms with Crippen molar-refractivity contribution in [1.29, 1.82) is 0 Å². The number of hydrogen-bond acceptors (Lipinski definition) is 5. The fourth-order valence-electron chi connectivity index (χ4n) is 2.64. The zero-order chi connectivity index (χ0) is 18.1. The lowest BCUT2D eigenvalue weighted by Crippen LogP contribution is -2.40. The number of benzene rings is 1. The van der Waals surface area contributed by atoms with Crippen molar-refractivity contribution in [2.45, 2.75) is 23.2 Å². The quantitative estimate of drug-likeness (QED) is 0.605. The number of hydrogen-bond donors (Lipinski definition) is 0. The van der Waals surface area contributed by atoms with Crippen molar-refractivity contribution in [3.05, 3.63) is 24.0 Å². The molecule has 0 radical (unpaired) electrons. The maximum atomic E-state index is 13.4.